The molecule has 0 spiro atoms. The number of amides is 1. The van der Waals surface area contributed by atoms with E-state index in [2.05, 4.69) is 31.4 Å². The summed E-state index contributed by atoms with van der Waals surface area (Å²) in [6.07, 6.45) is 5.15. The lowest BCUT2D eigenvalue weighted by atomic mass is 10.2. The van der Waals surface area contributed by atoms with E-state index in [-0.39, 0.29) is 5.91 Å². The molecular weight excluding hydrogens is 394 g/mol. The molecule has 0 unspecified atom stereocenters. The van der Waals surface area contributed by atoms with E-state index in [1.165, 1.54) is 0 Å². The minimum Gasteiger partial charge on any atom is -0.318 e. The second-order valence-electron chi connectivity index (χ2n) is 5.19. The molecule has 0 fully saturated rings. The molecule has 1 amide bonds. The number of aromatic nitrogens is 4. The second kappa shape index (κ2) is 7.19. The van der Waals surface area contributed by atoms with Gasteiger partial charge < -0.3 is 5.32 Å². The maximum absolute atomic E-state index is 12.3. The van der Waals surface area contributed by atoms with Gasteiger partial charge in [-0.15, -0.1) is 0 Å². The summed E-state index contributed by atoms with van der Waals surface area (Å²) >= 11 is 9.33. The van der Waals surface area contributed by atoms with Crippen molar-refractivity contribution in [3.63, 3.8) is 0 Å². The fourth-order valence-corrected chi connectivity index (χ4v) is 2.95. The largest absolute Gasteiger partial charge is 0.318 e. The highest BCUT2D eigenvalue weighted by atomic mass is 79.9. The second-order valence-corrected chi connectivity index (χ2v) is 6.48. The van der Waals surface area contributed by atoms with Gasteiger partial charge in [0.25, 0.3) is 5.91 Å². The smallest absolute Gasteiger partial charge is 0.277 e. The highest BCUT2D eigenvalue weighted by Crippen LogP contribution is 2.17. The molecule has 3 rings (SSSR count). The Morgan fingerprint density at radius 3 is 2.88 bits per heavy atom. The molecule has 0 aliphatic heterocycles. The average molecular weight is 409 g/mol. The van der Waals surface area contributed by atoms with Gasteiger partial charge in [0, 0.05) is 24.0 Å². The number of carbonyl (C=O) groups is 1. The number of aryl methyl sites for hydroxylation is 1. The number of anilines is 1. The van der Waals surface area contributed by atoms with Gasteiger partial charge in [-0.05, 0) is 40.5 Å². The summed E-state index contributed by atoms with van der Waals surface area (Å²) in [6.45, 7) is 3.23. The van der Waals surface area contributed by atoms with Gasteiger partial charge in [-0.3, -0.25) is 14.2 Å². The molecule has 1 N–H and O–H groups in total. The van der Waals surface area contributed by atoms with E-state index in [4.69, 9.17) is 11.6 Å². The quantitative estimate of drug-likeness (QED) is 0.698. The monoisotopic (exact) mass is 407 g/mol. The zero-order valence-electron chi connectivity index (χ0n) is 12.9. The summed E-state index contributed by atoms with van der Waals surface area (Å²) in [6, 6.07) is 7.58. The average Bonchev–Trinajstić information content (AvgIpc) is 3.13. The van der Waals surface area contributed by atoms with Crippen LogP contribution in [0, 0.1) is 0 Å². The van der Waals surface area contributed by atoms with Gasteiger partial charge in [0.2, 0.25) is 0 Å². The summed E-state index contributed by atoms with van der Waals surface area (Å²) in [5.74, 6) is -0.281. The van der Waals surface area contributed by atoms with E-state index in [0.717, 1.165) is 5.56 Å². The van der Waals surface area contributed by atoms with E-state index < -0.39 is 0 Å². The Morgan fingerprint density at radius 1 is 1.33 bits per heavy atom. The Morgan fingerprint density at radius 2 is 2.17 bits per heavy atom. The molecule has 0 saturated carbocycles. The number of benzene rings is 1. The van der Waals surface area contributed by atoms with Crippen LogP contribution in [0.2, 0.25) is 5.02 Å². The van der Waals surface area contributed by atoms with Crippen molar-refractivity contribution >= 4 is 39.1 Å². The predicted molar refractivity (Wildman–Crippen MR) is 96.3 cm³/mol. The lowest BCUT2D eigenvalue weighted by Crippen LogP contribution is -2.13. The van der Waals surface area contributed by atoms with Gasteiger partial charge in [-0.1, -0.05) is 23.7 Å². The molecule has 0 aliphatic rings. The van der Waals surface area contributed by atoms with E-state index in [0.29, 0.717) is 34.0 Å². The molecule has 3 aromatic rings. The first-order chi connectivity index (χ1) is 11.5. The predicted octanol–water partition coefficient (Wildman–Crippen LogP) is 3.82. The summed E-state index contributed by atoms with van der Waals surface area (Å²) in [5, 5.41) is 12.0. The Kier molecular flexibility index (Phi) is 5.01. The zero-order valence-corrected chi connectivity index (χ0v) is 15.3. The van der Waals surface area contributed by atoms with Crippen LogP contribution < -0.4 is 5.32 Å². The van der Waals surface area contributed by atoms with Crippen LogP contribution in [0.4, 0.5) is 5.69 Å². The van der Waals surface area contributed by atoms with Crippen molar-refractivity contribution in [2.45, 2.75) is 20.0 Å². The molecular formula is C16H15BrClN5O. The molecule has 0 bridgehead atoms. The number of hydrogen-bond donors (Lipinski definition) is 1. The molecule has 2 aromatic heterocycles. The Labute approximate surface area is 152 Å². The number of hydrogen-bond acceptors (Lipinski definition) is 3. The summed E-state index contributed by atoms with van der Waals surface area (Å²) in [7, 11) is 0. The molecule has 0 aliphatic carbocycles. The molecule has 24 heavy (non-hydrogen) atoms. The van der Waals surface area contributed by atoms with E-state index in [1.807, 2.05) is 31.2 Å². The lowest BCUT2D eigenvalue weighted by Gasteiger charge is -2.02. The number of nitrogens with one attached hydrogen (secondary N) is 1. The number of halogens is 2. The molecule has 124 valence electrons. The first-order valence-corrected chi connectivity index (χ1v) is 8.53. The standard InChI is InChI=1S/C16H15BrClN5O/c1-2-22-10-14(17)15(21-22)16(24)20-13-7-19-23(9-13)8-11-4-3-5-12(18)6-11/h3-7,9-10H,2,8H2,1H3,(H,20,24). The lowest BCUT2D eigenvalue weighted by molar-refractivity contribution is 0.102. The fourth-order valence-electron chi connectivity index (χ4n) is 2.24. The van der Waals surface area contributed by atoms with Crippen molar-refractivity contribution in [3.05, 3.63) is 63.6 Å². The van der Waals surface area contributed by atoms with Crippen LogP contribution in [0.25, 0.3) is 0 Å². The van der Waals surface area contributed by atoms with Crippen molar-refractivity contribution in [2.75, 3.05) is 5.32 Å². The summed E-state index contributed by atoms with van der Waals surface area (Å²) in [4.78, 5) is 12.3. The van der Waals surface area contributed by atoms with Gasteiger partial charge >= 0.3 is 0 Å². The Hall–Kier alpha value is -2.12. The highest BCUT2D eigenvalue weighted by Gasteiger charge is 2.15. The third-order valence-electron chi connectivity index (χ3n) is 3.38. The molecule has 0 atom stereocenters. The van der Waals surface area contributed by atoms with Crippen LogP contribution in [0.3, 0.4) is 0 Å². The van der Waals surface area contributed by atoms with Crippen molar-refractivity contribution in [1.82, 2.24) is 19.6 Å². The van der Waals surface area contributed by atoms with E-state index >= 15 is 0 Å². The zero-order chi connectivity index (χ0) is 17.1. The molecule has 8 heteroatoms. The van der Waals surface area contributed by atoms with Crippen molar-refractivity contribution in [3.8, 4) is 0 Å². The van der Waals surface area contributed by atoms with Crippen LogP contribution in [-0.4, -0.2) is 25.5 Å². The molecule has 0 radical (unpaired) electrons. The van der Waals surface area contributed by atoms with Gasteiger partial charge in [0.15, 0.2) is 5.69 Å². The summed E-state index contributed by atoms with van der Waals surface area (Å²) in [5.41, 5.74) is 1.99. The number of carbonyl (C=O) groups excluding carboxylic acids is 1. The van der Waals surface area contributed by atoms with Gasteiger partial charge in [-0.2, -0.15) is 10.2 Å². The van der Waals surface area contributed by atoms with Crippen molar-refractivity contribution in [2.24, 2.45) is 0 Å². The van der Waals surface area contributed by atoms with Gasteiger partial charge in [-0.25, -0.2) is 0 Å². The van der Waals surface area contributed by atoms with Crippen LogP contribution in [0.15, 0.2) is 47.3 Å². The van der Waals surface area contributed by atoms with Crippen LogP contribution in [0.1, 0.15) is 23.0 Å². The normalized spacial score (nSPS) is 10.8. The minimum absolute atomic E-state index is 0.281. The molecule has 0 saturated heterocycles. The topological polar surface area (TPSA) is 64.7 Å². The van der Waals surface area contributed by atoms with Gasteiger partial charge in [0.05, 0.1) is 22.9 Å². The Bertz CT molecular complexity index is 873. The number of nitrogens with zero attached hydrogens (tertiary/aromatic N) is 4. The first-order valence-electron chi connectivity index (χ1n) is 7.36. The van der Waals surface area contributed by atoms with Crippen LogP contribution in [-0.2, 0) is 13.1 Å². The maximum Gasteiger partial charge on any atom is 0.277 e. The van der Waals surface area contributed by atoms with Crippen molar-refractivity contribution in [1.29, 1.82) is 0 Å². The number of rotatable bonds is 5. The third kappa shape index (κ3) is 3.85. The van der Waals surface area contributed by atoms with E-state index in [9.17, 15) is 4.79 Å². The van der Waals surface area contributed by atoms with Gasteiger partial charge in [0.1, 0.15) is 0 Å². The van der Waals surface area contributed by atoms with Crippen molar-refractivity contribution < 1.29 is 4.79 Å². The highest BCUT2D eigenvalue weighted by molar-refractivity contribution is 9.10. The first kappa shape index (κ1) is 16.7. The van der Waals surface area contributed by atoms with Crippen LogP contribution in [0.5, 0.6) is 0 Å². The minimum atomic E-state index is -0.281. The molecule has 1 aromatic carbocycles. The SMILES string of the molecule is CCn1cc(Br)c(C(=O)Nc2cnn(Cc3cccc(Cl)c3)c2)n1. The molecule has 2 heterocycles. The van der Waals surface area contributed by atoms with Crippen LogP contribution >= 0.6 is 27.5 Å². The van der Waals surface area contributed by atoms with E-state index in [1.54, 1.807) is 28.0 Å². The molecule has 6 nitrogen and oxygen atoms in total. The maximum atomic E-state index is 12.3. The fraction of sp³-hybridized carbons (Fsp3) is 0.188. The summed E-state index contributed by atoms with van der Waals surface area (Å²) < 4.78 is 4.09. The third-order valence-corrected chi connectivity index (χ3v) is 4.20. The Balaban J connectivity index is 1.69.